The number of sulfone groups is 1. The highest BCUT2D eigenvalue weighted by molar-refractivity contribution is 7.92. The van der Waals surface area contributed by atoms with Crippen molar-refractivity contribution in [2.75, 3.05) is 12.4 Å². The average Bonchev–Trinajstić information content (AvgIpc) is 3.17. The van der Waals surface area contributed by atoms with E-state index in [1.807, 2.05) is 0 Å². The molecule has 0 unspecified atom stereocenters. The number of halogens is 1. The van der Waals surface area contributed by atoms with Crippen molar-refractivity contribution in [3.8, 4) is 22.6 Å². The molecule has 151 valence electrons. The molecule has 2 aromatic carbocycles. The Bertz CT molecular complexity index is 1160. The lowest BCUT2D eigenvalue weighted by atomic mass is 10.1. The zero-order chi connectivity index (χ0) is 21.2. The topological polar surface area (TPSA) is 108 Å². The Morgan fingerprint density at radius 1 is 1.24 bits per heavy atom. The summed E-state index contributed by atoms with van der Waals surface area (Å²) in [6.07, 6.45) is 0. The van der Waals surface area contributed by atoms with Gasteiger partial charge in [-0.05, 0) is 38.1 Å². The Hall–Kier alpha value is -3.20. The molecule has 0 aliphatic heterocycles. The first kappa shape index (κ1) is 20.5. The summed E-state index contributed by atoms with van der Waals surface area (Å²) < 4.78 is 45.1. The van der Waals surface area contributed by atoms with Gasteiger partial charge >= 0.3 is 0 Å². The predicted molar refractivity (Wildman–Crippen MR) is 109 cm³/mol. The van der Waals surface area contributed by atoms with Crippen LogP contribution in [-0.2, 0) is 9.84 Å². The molecule has 1 aromatic heterocycles. The van der Waals surface area contributed by atoms with E-state index in [1.165, 1.54) is 24.3 Å². The predicted octanol–water partition coefficient (Wildman–Crippen LogP) is 3.70. The fourth-order valence-corrected chi connectivity index (χ4v) is 3.80. The normalized spacial score (nSPS) is 11.5. The van der Waals surface area contributed by atoms with Crippen LogP contribution in [0.5, 0.6) is 0 Å². The summed E-state index contributed by atoms with van der Waals surface area (Å²) in [5.41, 5.74) is 1.14. The van der Waals surface area contributed by atoms with Crippen LogP contribution in [0.25, 0.3) is 22.6 Å². The maximum Gasteiger partial charge on any atom is 0.192 e. The molecule has 3 aromatic rings. The summed E-state index contributed by atoms with van der Waals surface area (Å²) in [4.78, 5) is 0.0169. The minimum Gasteiger partial charge on any atom is -0.359 e. The Morgan fingerprint density at radius 3 is 2.66 bits per heavy atom. The highest BCUT2D eigenvalue weighted by Gasteiger charge is 2.25. The highest BCUT2D eigenvalue weighted by Crippen LogP contribution is 2.33. The van der Waals surface area contributed by atoms with E-state index in [9.17, 15) is 12.8 Å². The van der Waals surface area contributed by atoms with E-state index in [0.717, 1.165) is 0 Å². The number of anilines is 1. The van der Waals surface area contributed by atoms with Crippen LogP contribution in [0.15, 0.2) is 51.9 Å². The fourth-order valence-electron chi connectivity index (χ4n) is 2.62. The Balaban J connectivity index is 1.98. The SMILES string of the molecule is CNC(=N)Nc1ccc(-c2cc(-c3ccc[c]c3S(=O)(=O)C(C)C)on2)c(F)c1. The van der Waals surface area contributed by atoms with Gasteiger partial charge in [0.05, 0.1) is 10.1 Å². The number of aromatic nitrogens is 1. The van der Waals surface area contributed by atoms with Crippen molar-refractivity contribution in [3.63, 3.8) is 0 Å². The summed E-state index contributed by atoms with van der Waals surface area (Å²) >= 11 is 0. The summed E-state index contributed by atoms with van der Waals surface area (Å²) in [5.74, 6) is -0.330. The summed E-state index contributed by atoms with van der Waals surface area (Å²) in [6, 6.07) is 13.4. The number of guanidine groups is 1. The minimum absolute atomic E-state index is 0.0169. The average molecular weight is 415 g/mol. The van der Waals surface area contributed by atoms with Gasteiger partial charge in [-0.15, -0.1) is 0 Å². The lowest BCUT2D eigenvalue weighted by Gasteiger charge is -2.10. The molecule has 1 heterocycles. The van der Waals surface area contributed by atoms with Crippen LogP contribution in [0, 0.1) is 17.3 Å². The van der Waals surface area contributed by atoms with Crippen LogP contribution in [0.3, 0.4) is 0 Å². The zero-order valence-corrected chi connectivity index (χ0v) is 16.9. The Morgan fingerprint density at radius 2 is 2.00 bits per heavy atom. The molecule has 0 atom stereocenters. The summed E-state index contributed by atoms with van der Waals surface area (Å²) in [5, 5.41) is 16.1. The molecule has 29 heavy (non-hydrogen) atoms. The first-order chi connectivity index (χ1) is 13.7. The monoisotopic (exact) mass is 415 g/mol. The Labute approximate surface area is 168 Å². The molecule has 0 saturated heterocycles. The number of rotatable bonds is 5. The number of hydrogen-bond donors (Lipinski definition) is 3. The second kappa shape index (κ2) is 8.04. The van der Waals surface area contributed by atoms with Gasteiger partial charge in [-0.3, -0.25) is 5.41 Å². The molecule has 0 amide bonds. The minimum atomic E-state index is -3.59. The second-order valence-electron chi connectivity index (χ2n) is 6.53. The summed E-state index contributed by atoms with van der Waals surface area (Å²) in [7, 11) is -2.02. The van der Waals surface area contributed by atoms with E-state index in [1.54, 1.807) is 39.1 Å². The number of benzene rings is 2. The van der Waals surface area contributed by atoms with Crippen molar-refractivity contribution in [2.24, 2.45) is 0 Å². The molecule has 0 fully saturated rings. The molecule has 9 heteroatoms. The van der Waals surface area contributed by atoms with Gasteiger partial charge in [0.1, 0.15) is 11.5 Å². The van der Waals surface area contributed by atoms with Crippen LogP contribution in [0.4, 0.5) is 10.1 Å². The van der Waals surface area contributed by atoms with Crippen molar-refractivity contribution < 1.29 is 17.3 Å². The molecule has 0 aliphatic carbocycles. The van der Waals surface area contributed by atoms with Crippen molar-refractivity contribution >= 4 is 21.5 Å². The fraction of sp³-hybridized carbons (Fsp3) is 0.200. The number of nitrogens with one attached hydrogen (secondary N) is 3. The first-order valence-corrected chi connectivity index (χ1v) is 10.3. The van der Waals surface area contributed by atoms with Gasteiger partial charge in [0.2, 0.25) is 0 Å². The quantitative estimate of drug-likeness (QED) is 0.433. The second-order valence-corrected chi connectivity index (χ2v) is 8.97. The zero-order valence-electron chi connectivity index (χ0n) is 16.1. The molecule has 3 rings (SSSR count). The molecular weight excluding hydrogens is 395 g/mol. The van der Waals surface area contributed by atoms with Gasteiger partial charge in [-0.25, -0.2) is 12.8 Å². The molecule has 0 saturated carbocycles. The van der Waals surface area contributed by atoms with Crippen molar-refractivity contribution in [1.82, 2.24) is 10.5 Å². The van der Waals surface area contributed by atoms with Crippen LogP contribution in [0.2, 0.25) is 0 Å². The maximum absolute atomic E-state index is 14.6. The molecule has 0 bridgehead atoms. The lowest BCUT2D eigenvalue weighted by molar-refractivity contribution is 0.433. The molecule has 0 spiro atoms. The molecular formula is C20H20FN4O3S. The standard InChI is InChI=1S/C20H20FN4O3S/c1-12(2)29(26,27)19-7-5-4-6-15(19)18-11-17(25-28-18)14-9-8-13(10-16(14)21)24-20(22)23-3/h4-6,8-12H,1-3H3,(H3,22,23,24). The van der Waals surface area contributed by atoms with Crippen LogP contribution < -0.4 is 10.6 Å². The van der Waals surface area contributed by atoms with Crippen LogP contribution in [0.1, 0.15) is 13.8 Å². The van der Waals surface area contributed by atoms with Crippen molar-refractivity contribution in [1.29, 1.82) is 5.41 Å². The van der Waals surface area contributed by atoms with Crippen LogP contribution in [-0.4, -0.2) is 31.8 Å². The Kier molecular flexibility index (Phi) is 5.69. The maximum atomic E-state index is 14.6. The third-order valence-corrected chi connectivity index (χ3v) is 6.41. The van der Waals surface area contributed by atoms with E-state index in [-0.39, 0.29) is 27.9 Å². The molecule has 3 N–H and O–H groups in total. The van der Waals surface area contributed by atoms with E-state index in [4.69, 9.17) is 9.93 Å². The van der Waals surface area contributed by atoms with Crippen molar-refractivity contribution in [2.45, 2.75) is 24.0 Å². The summed E-state index contributed by atoms with van der Waals surface area (Å²) in [6.45, 7) is 3.18. The van der Waals surface area contributed by atoms with Gasteiger partial charge in [0.15, 0.2) is 21.6 Å². The third kappa shape index (κ3) is 4.14. The first-order valence-electron chi connectivity index (χ1n) is 8.79. The number of hydrogen-bond acceptors (Lipinski definition) is 5. The smallest absolute Gasteiger partial charge is 0.192 e. The van der Waals surface area contributed by atoms with E-state index >= 15 is 0 Å². The van der Waals surface area contributed by atoms with Gasteiger partial charge in [-0.1, -0.05) is 17.3 Å². The van der Waals surface area contributed by atoms with E-state index < -0.39 is 20.9 Å². The molecule has 1 radical (unpaired) electrons. The largest absolute Gasteiger partial charge is 0.359 e. The lowest BCUT2D eigenvalue weighted by Crippen LogP contribution is -2.25. The van der Waals surface area contributed by atoms with Crippen molar-refractivity contribution in [3.05, 3.63) is 54.3 Å². The molecule has 0 aliphatic rings. The number of nitrogens with zero attached hydrogens (tertiary/aromatic N) is 1. The van der Waals surface area contributed by atoms with Crippen LogP contribution >= 0.6 is 0 Å². The highest BCUT2D eigenvalue weighted by atomic mass is 32.2. The van der Waals surface area contributed by atoms with Gasteiger partial charge in [0, 0.05) is 36.0 Å². The van der Waals surface area contributed by atoms with Gasteiger partial charge in [0.25, 0.3) is 0 Å². The van der Waals surface area contributed by atoms with E-state index in [2.05, 4.69) is 21.9 Å². The van der Waals surface area contributed by atoms with Gasteiger partial charge in [-0.2, -0.15) is 0 Å². The molecule has 7 nitrogen and oxygen atoms in total. The third-order valence-electron chi connectivity index (χ3n) is 4.26. The van der Waals surface area contributed by atoms with Gasteiger partial charge < -0.3 is 15.2 Å². The van der Waals surface area contributed by atoms with E-state index in [0.29, 0.717) is 11.3 Å².